The van der Waals surface area contributed by atoms with E-state index >= 15 is 0 Å². The summed E-state index contributed by atoms with van der Waals surface area (Å²) in [5.41, 5.74) is 3.63. The quantitative estimate of drug-likeness (QED) is 0.167. The molecule has 0 N–H and O–H groups in total. The highest BCUT2D eigenvalue weighted by Crippen LogP contribution is 2.45. The van der Waals surface area contributed by atoms with Crippen molar-refractivity contribution in [3.8, 4) is 22.3 Å². The Kier molecular flexibility index (Phi) is 4.39. The summed E-state index contributed by atoms with van der Waals surface area (Å²) in [5, 5.41) is 11.5. The van der Waals surface area contributed by atoms with Gasteiger partial charge in [-0.1, -0.05) is 91.0 Å². The summed E-state index contributed by atoms with van der Waals surface area (Å²) in [6.45, 7) is 0. The second kappa shape index (κ2) is 7.84. The Labute approximate surface area is 217 Å². The van der Waals surface area contributed by atoms with Crippen LogP contribution in [0.2, 0.25) is 0 Å². The monoisotopic (exact) mass is 490 g/mol. The van der Waals surface area contributed by atoms with Crippen LogP contribution in [-0.2, 0) is 0 Å². The molecule has 0 saturated carbocycles. The summed E-state index contributed by atoms with van der Waals surface area (Å²) in [6, 6.07) is 40.0. The molecule has 0 heterocycles. The van der Waals surface area contributed by atoms with Crippen LogP contribution in [-0.4, -0.2) is 0 Å². The molecular formula is C36H20F2. The third-order valence-corrected chi connectivity index (χ3v) is 7.83. The Balaban J connectivity index is 1.52. The predicted octanol–water partition coefficient (Wildman–Crippen LogP) is 10.5. The normalized spacial score (nSPS) is 11.9. The molecule has 0 aliphatic rings. The Morgan fingerprint density at radius 2 is 0.737 bits per heavy atom. The van der Waals surface area contributed by atoms with E-state index in [9.17, 15) is 8.78 Å². The van der Waals surface area contributed by atoms with Crippen molar-refractivity contribution in [3.63, 3.8) is 0 Å². The summed E-state index contributed by atoms with van der Waals surface area (Å²) in [7, 11) is 0. The number of fused-ring (bicyclic) bond motifs is 2. The van der Waals surface area contributed by atoms with Crippen LogP contribution >= 0.6 is 0 Å². The van der Waals surface area contributed by atoms with Crippen molar-refractivity contribution in [1.82, 2.24) is 0 Å². The number of hydrogen-bond acceptors (Lipinski definition) is 0. The zero-order valence-corrected chi connectivity index (χ0v) is 20.3. The first kappa shape index (κ1) is 21.3. The second-order valence-electron chi connectivity index (χ2n) is 10.0. The fourth-order valence-corrected chi connectivity index (χ4v) is 6.35. The van der Waals surface area contributed by atoms with E-state index in [1.807, 2.05) is 36.4 Å². The largest absolute Gasteiger partial charge is 0.207 e. The summed E-state index contributed by atoms with van der Waals surface area (Å²) in [5.74, 6) is -1.16. The van der Waals surface area contributed by atoms with Gasteiger partial charge in [-0.2, -0.15) is 0 Å². The minimum absolute atomic E-state index is 0.539. The van der Waals surface area contributed by atoms with Gasteiger partial charge in [-0.05, 0) is 100 Å². The van der Waals surface area contributed by atoms with Gasteiger partial charge in [0.2, 0.25) is 0 Å². The van der Waals surface area contributed by atoms with Gasteiger partial charge in [-0.3, -0.25) is 0 Å². The number of hydrogen-bond donors (Lipinski definition) is 0. The van der Waals surface area contributed by atoms with Gasteiger partial charge >= 0.3 is 0 Å². The Morgan fingerprint density at radius 3 is 1.21 bits per heavy atom. The topological polar surface area (TPSA) is 0 Å². The fraction of sp³-hybridized carbons (Fsp3) is 0. The van der Waals surface area contributed by atoms with E-state index in [1.165, 1.54) is 44.5 Å². The highest BCUT2D eigenvalue weighted by Gasteiger charge is 2.18. The zero-order chi connectivity index (χ0) is 25.4. The lowest BCUT2D eigenvalue weighted by atomic mass is 9.84. The molecule has 2 heteroatoms. The van der Waals surface area contributed by atoms with Crippen LogP contribution in [0.4, 0.5) is 8.78 Å². The van der Waals surface area contributed by atoms with E-state index in [0.29, 0.717) is 5.56 Å². The molecule has 0 aliphatic carbocycles. The molecule has 8 aromatic carbocycles. The van der Waals surface area contributed by atoms with E-state index in [-0.39, 0.29) is 0 Å². The van der Waals surface area contributed by atoms with Crippen molar-refractivity contribution >= 4 is 53.9 Å². The summed E-state index contributed by atoms with van der Waals surface area (Å²) in [4.78, 5) is 0. The van der Waals surface area contributed by atoms with Crippen molar-refractivity contribution in [1.29, 1.82) is 0 Å². The summed E-state index contributed by atoms with van der Waals surface area (Å²) >= 11 is 0. The Bertz CT molecular complexity index is 2070. The third kappa shape index (κ3) is 3.01. The number of rotatable bonds is 2. The average Bonchev–Trinajstić information content (AvgIpc) is 2.93. The SMILES string of the molecule is Fc1cc(F)cc(-c2c3ccccc3c(-c3cc4ccc5cccc6ccc(c3)c4c56)c3ccccc23)c1. The van der Waals surface area contributed by atoms with E-state index in [0.717, 1.165) is 44.3 Å². The lowest BCUT2D eigenvalue weighted by Crippen LogP contribution is -1.93. The lowest BCUT2D eigenvalue weighted by Gasteiger charge is -2.19. The van der Waals surface area contributed by atoms with Gasteiger partial charge in [-0.25, -0.2) is 8.78 Å². The molecule has 0 atom stereocenters. The van der Waals surface area contributed by atoms with Crippen LogP contribution in [0.5, 0.6) is 0 Å². The molecule has 0 aromatic heterocycles. The van der Waals surface area contributed by atoms with Gasteiger partial charge < -0.3 is 0 Å². The van der Waals surface area contributed by atoms with Crippen LogP contribution < -0.4 is 0 Å². The predicted molar refractivity (Wildman–Crippen MR) is 156 cm³/mol. The highest BCUT2D eigenvalue weighted by molar-refractivity contribution is 6.26. The van der Waals surface area contributed by atoms with Crippen molar-refractivity contribution in [3.05, 3.63) is 133 Å². The van der Waals surface area contributed by atoms with E-state index in [2.05, 4.69) is 66.7 Å². The smallest absolute Gasteiger partial charge is 0.126 e. The van der Waals surface area contributed by atoms with E-state index in [1.54, 1.807) is 0 Å². The molecule has 0 amide bonds. The first-order valence-electron chi connectivity index (χ1n) is 12.7. The molecule has 0 unspecified atom stereocenters. The van der Waals surface area contributed by atoms with Crippen molar-refractivity contribution in [2.75, 3.05) is 0 Å². The molecule has 8 aromatic rings. The van der Waals surface area contributed by atoms with Gasteiger partial charge in [0.25, 0.3) is 0 Å². The molecular weight excluding hydrogens is 470 g/mol. The third-order valence-electron chi connectivity index (χ3n) is 7.83. The van der Waals surface area contributed by atoms with Gasteiger partial charge in [0.15, 0.2) is 0 Å². The Hall–Kier alpha value is -4.82. The minimum Gasteiger partial charge on any atom is -0.207 e. The van der Waals surface area contributed by atoms with Crippen LogP contribution in [0.3, 0.4) is 0 Å². The molecule has 0 fully saturated rings. The maximum Gasteiger partial charge on any atom is 0.126 e. The van der Waals surface area contributed by atoms with Gasteiger partial charge in [0.05, 0.1) is 0 Å². The molecule has 0 bridgehead atoms. The lowest BCUT2D eigenvalue weighted by molar-refractivity contribution is 0.584. The number of halogens is 2. The van der Waals surface area contributed by atoms with E-state index < -0.39 is 11.6 Å². The minimum atomic E-state index is -0.579. The Morgan fingerprint density at radius 1 is 0.342 bits per heavy atom. The van der Waals surface area contributed by atoms with Gasteiger partial charge in [0, 0.05) is 6.07 Å². The maximum atomic E-state index is 14.4. The molecule has 38 heavy (non-hydrogen) atoms. The first-order valence-corrected chi connectivity index (χ1v) is 12.7. The van der Waals surface area contributed by atoms with Crippen molar-refractivity contribution < 1.29 is 8.78 Å². The van der Waals surface area contributed by atoms with Gasteiger partial charge in [-0.15, -0.1) is 0 Å². The molecule has 0 nitrogen and oxygen atoms in total. The average molecular weight is 491 g/mol. The van der Waals surface area contributed by atoms with Gasteiger partial charge in [0.1, 0.15) is 11.6 Å². The highest BCUT2D eigenvalue weighted by atomic mass is 19.1. The number of benzene rings is 8. The fourth-order valence-electron chi connectivity index (χ4n) is 6.35. The standard InChI is InChI=1S/C36H20F2/c37-27-18-26(19-28(38)20-27)36-31-10-3-1-8-29(31)35(30-9-2-4-11-32(30)36)25-16-23-14-12-21-6-5-7-22-13-15-24(17-25)34(23)33(21)22/h1-20H. The van der Waals surface area contributed by atoms with Crippen molar-refractivity contribution in [2.45, 2.75) is 0 Å². The second-order valence-corrected chi connectivity index (χ2v) is 10.0. The van der Waals surface area contributed by atoms with E-state index in [4.69, 9.17) is 0 Å². The molecule has 0 spiro atoms. The molecule has 178 valence electrons. The summed E-state index contributed by atoms with van der Waals surface area (Å²) in [6.07, 6.45) is 0. The first-order chi connectivity index (χ1) is 18.7. The zero-order valence-electron chi connectivity index (χ0n) is 20.3. The van der Waals surface area contributed by atoms with Crippen LogP contribution in [0.15, 0.2) is 121 Å². The van der Waals surface area contributed by atoms with Crippen molar-refractivity contribution in [2.24, 2.45) is 0 Å². The molecule has 0 aliphatic heterocycles. The maximum absolute atomic E-state index is 14.4. The van der Waals surface area contributed by atoms with Crippen LogP contribution in [0, 0.1) is 11.6 Å². The molecule has 8 rings (SSSR count). The molecule has 0 radical (unpaired) electrons. The van der Waals surface area contributed by atoms with Crippen LogP contribution in [0.25, 0.3) is 76.1 Å². The summed E-state index contributed by atoms with van der Waals surface area (Å²) < 4.78 is 28.7. The molecule has 0 saturated heterocycles. The van der Waals surface area contributed by atoms with Crippen LogP contribution in [0.1, 0.15) is 0 Å².